The Bertz CT molecular complexity index is 788. The van der Waals surface area contributed by atoms with Gasteiger partial charge < -0.3 is 11.1 Å². The summed E-state index contributed by atoms with van der Waals surface area (Å²) in [6, 6.07) is 11.5. The van der Waals surface area contributed by atoms with Crippen molar-refractivity contribution in [3.8, 4) is 0 Å². The molecule has 0 saturated heterocycles. The van der Waals surface area contributed by atoms with Gasteiger partial charge in [0.1, 0.15) is 5.82 Å². The third-order valence-corrected chi connectivity index (χ3v) is 4.18. The van der Waals surface area contributed by atoms with E-state index < -0.39 is 5.91 Å². The lowest BCUT2D eigenvalue weighted by Gasteiger charge is -2.11. The van der Waals surface area contributed by atoms with Crippen LogP contribution in [0.1, 0.15) is 33.8 Å². The zero-order valence-corrected chi connectivity index (χ0v) is 12.7. The van der Waals surface area contributed by atoms with Gasteiger partial charge in [-0.2, -0.15) is 0 Å². The molecular weight excluding hydrogens is 295 g/mol. The molecule has 23 heavy (non-hydrogen) atoms. The number of amides is 2. The predicted molar refractivity (Wildman–Crippen MR) is 85.6 cm³/mol. The lowest BCUT2D eigenvalue weighted by molar-refractivity contribution is -0.117. The first-order valence-electron chi connectivity index (χ1n) is 7.43. The van der Waals surface area contributed by atoms with Gasteiger partial charge in [-0.3, -0.25) is 9.59 Å². The molecule has 1 saturated carbocycles. The van der Waals surface area contributed by atoms with Gasteiger partial charge >= 0.3 is 0 Å². The summed E-state index contributed by atoms with van der Waals surface area (Å²) in [5, 5.41) is 2.78. The highest BCUT2D eigenvalue weighted by molar-refractivity contribution is 6.05. The molecule has 2 aromatic carbocycles. The van der Waals surface area contributed by atoms with Gasteiger partial charge in [-0.05, 0) is 48.6 Å². The summed E-state index contributed by atoms with van der Waals surface area (Å²) in [6.07, 6.45) is 0.674. The van der Waals surface area contributed by atoms with E-state index in [1.807, 2.05) is 6.07 Å². The molecule has 0 bridgehead atoms. The Labute approximate surface area is 133 Å². The molecule has 0 radical (unpaired) electrons. The molecule has 2 aromatic rings. The number of benzene rings is 2. The first-order valence-corrected chi connectivity index (χ1v) is 7.43. The number of nitrogens with two attached hydrogens (primary N) is 1. The van der Waals surface area contributed by atoms with Gasteiger partial charge in [0, 0.05) is 5.92 Å². The van der Waals surface area contributed by atoms with Crippen molar-refractivity contribution in [1.82, 2.24) is 0 Å². The van der Waals surface area contributed by atoms with Gasteiger partial charge in [-0.25, -0.2) is 4.39 Å². The Hall–Kier alpha value is -2.69. The average Bonchev–Trinajstić information content (AvgIpc) is 3.27. The second-order valence-electron chi connectivity index (χ2n) is 5.85. The van der Waals surface area contributed by atoms with E-state index in [0.29, 0.717) is 23.2 Å². The van der Waals surface area contributed by atoms with Crippen LogP contribution < -0.4 is 11.1 Å². The predicted octanol–water partition coefficient (Wildman–Crippen LogP) is 2.98. The van der Waals surface area contributed by atoms with Crippen LogP contribution in [-0.4, -0.2) is 11.8 Å². The highest BCUT2D eigenvalue weighted by atomic mass is 19.1. The molecule has 118 valence electrons. The van der Waals surface area contributed by atoms with Crippen molar-refractivity contribution in [3.05, 3.63) is 65.0 Å². The minimum atomic E-state index is -0.573. The van der Waals surface area contributed by atoms with Gasteiger partial charge in [0.25, 0.3) is 5.91 Å². The molecule has 2 amide bonds. The highest BCUT2D eigenvalue weighted by Gasteiger charge is 2.44. The van der Waals surface area contributed by atoms with Crippen LogP contribution in [0.2, 0.25) is 0 Å². The van der Waals surface area contributed by atoms with E-state index in [1.165, 1.54) is 12.1 Å². The number of aryl methyl sites for hydroxylation is 1. The first-order chi connectivity index (χ1) is 11.0. The number of hydrogen-bond acceptors (Lipinski definition) is 2. The molecule has 1 aliphatic carbocycles. The Morgan fingerprint density at radius 3 is 2.65 bits per heavy atom. The van der Waals surface area contributed by atoms with Gasteiger partial charge in [-0.15, -0.1) is 0 Å². The molecule has 0 heterocycles. The van der Waals surface area contributed by atoms with Gasteiger partial charge in [0.2, 0.25) is 5.91 Å². The summed E-state index contributed by atoms with van der Waals surface area (Å²) < 4.78 is 13.3. The Balaban J connectivity index is 1.75. The van der Waals surface area contributed by atoms with Crippen LogP contribution in [-0.2, 0) is 4.79 Å². The van der Waals surface area contributed by atoms with Crippen LogP contribution in [0.25, 0.3) is 0 Å². The lowest BCUT2D eigenvalue weighted by Crippen LogP contribution is -2.20. The van der Waals surface area contributed by atoms with E-state index >= 15 is 0 Å². The zero-order valence-electron chi connectivity index (χ0n) is 12.7. The van der Waals surface area contributed by atoms with Crippen molar-refractivity contribution in [3.63, 3.8) is 0 Å². The number of carbonyl (C=O) groups is 2. The molecule has 1 fully saturated rings. The average molecular weight is 312 g/mol. The Morgan fingerprint density at radius 1 is 1.22 bits per heavy atom. The van der Waals surface area contributed by atoms with Crippen LogP contribution in [0.4, 0.5) is 10.1 Å². The summed E-state index contributed by atoms with van der Waals surface area (Å²) >= 11 is 0. The SMILES string of the molecule is Cc1cccc(NC(=O)C2CC2c2cccc(F)c2)c1C(N)=O. The maximum absolute atomic E-state index is 13.3. The van der Waals surface area contributed by atoms with E-state index in [1.54, 1.807) is 31.2 Å². The first kappa shape index (κ1) is 15.2. The van der Waals surface area contributed by atoms with Crippen LogP contribution in [0.5, 0.6) is 0 Å². The minimum Gasteiger partial charge on any atom is -0.366 e. The third-order valence-electron chi connectivity index (χ3n) is 4.18. The summed E-state index contributed by atoms with van der Waals surface area (Å²) in [4.78, 5) is 23.9. The van der Waals surface area contributed by atoms with Crippen LogP contribution in [0.3, 0.4) is 0 Å². The molecule has 1 aliphatic rings. The Kier molecular flexibility index (Phi) is 3.86. The fraction of sp³-hybridized carbons (Fsp3) is 0.222. The van der Waals surface area contributed by atoms with E-state index in [0.717, 1.165) is 5.56 Å². The van der Waals surface area contributed by atoms with E-state index in [2.05, 4.69) is 5.32 Å². The summed E-state index contributed by atoms with van der Waals surface area (Å²) in [6.45, 7) is 1.77. The number of hydrogen-bond donors (Lipinski definition) is 2. The molecule has 4 nitrogen and oxygen atoms in total. The zero-order chi connectivity index (χ0) is 16.6. The molecule has 3 N–H and O–H groups in total. The van der Waals surface area contributed by atoms with Crippen molar-refractivity contribution in [2.75, 3.05) is 5.32 Å². The smallest absolute Gasteiger partial charge is 0.251 e. The number of nitrogens with one attached hydrogen (secondary N) is 1. The standard InChI is InChI=1S/C18H17FN2O2/c1-10-4-2-7-15(16(10)17(20)22)21-18(23)14-9-13(14)11-5-3-6-12(19)8-11/h2-8,13-14H,9H2,1H3,(H2,20,22)(H,21,23). The Morgan fingerprint density at radius 2 is 1.96 bits per heavy atom. The molecule has 3 rings (SSSR count). The van der Waals surface area contributed by atoms with Crippen molar-refractivity contribution in [2.45, 2.75) is 19.3 Å². The largest absolute Gasteiger partial charge is 0.366 e. The second-order valence-corrected chi connectivity index (χ2v) is 5.85. The van der Waals surface area contributed by atoms with Gasteiger partial charge in [-0.1, -0.05) is 24.3 Å². The molecule has 0 aliphatic heterocycles. The van der Waals surface area contributed by atoms with Crippen LogP contribution >= 0.6 is 0 Å². The third kappa shape index (κ3) is 3.08. The maximum atomic E-state index is 13.3. The van der Waals surface area contributed by atoms with Crippen molar-refractivity contribution in [2.24, 2.45) is 11.7 Å². The molecule has 5 heteroatoms. The topological polar surface area (TPSA) is 72.2 Å². The fourth-order valence-corrected chi connectivity index (χ4v) is 2.91. The van der Waals surface area contributed by atoms with Gasteiger partial charge in [0.15, 0.2) is 0 Å². The maximum Gasteiger partial charge on any atom is 0.251 e. The summed E-state index contributed by atoms with van der Waals surface area (Å²) in [7, 11) is 0. The fourth-order valence-electron chi connectivity index (χ4n) is 2.91. The second kappa shape index (κ2) is 5.83. The minimum absolute atomic E-state index is 0.0209. The quantitative estimate of drug-likeness (QED) is 0.911. The van der Waals surface area contributed by atoms with Crippen molar-refractivity contribution in [1.29, 1.82) is 0 Å². The van der Waals surface area contributed by atoms with Crippen LogP contribution in [0, 0.1) is 18.7 Å². The molecule has 0 spiro atoms. The molecule has 2 unspecified atom stereocenters. The normalized spacial score (nSPS) is 19.2. The molecule has 2 atom stereocenters. The number of halogens is 1. The van der Waals surface area contributed by atoms with Crippen molar-refractivity contribution < 1.29 is 14.0 Å². The van der Waals surface area contributed by atoms with Crippen molar-refractivity contribution >= 4 is 17.5 Å². The van der Waals surface area contributed by atoms with Crippen LogP contribution in [0.15, 0.2) is 42.5 Å². The number of primary amides is 1. The number of carbonyl (C=O) groups excluding carboxylic acids is 2. The monoisotopic (exact) mass is 312 g/mol. The summed E-state index contributed by atoms with van der Waals surface area (Å²) in [5.74, 6) is -1.24. The molecule has 0 aromatic heterocycles. The number of rotatable bonds is 4. The highest BCUT2D eigenvalue weighted by Crippen LogP contribution is 2.48. The van der Waals surface area contributed by atoms with Gasteiger partial charge in [0.05, 0.1) is 11.3 Å². The molecular formula is C18H17FN2O2. The number of anilines is 1. The van der Waals surface area contributed by atoms with E-state index in [9.17, 15) is 14.0 Å². The van der Waals surface area contributed by atoms with E-state index in [-0.39, 0.29) is 23.6 Å². The summed E-state index contributed by atoms with van der Waals surface area (Å²) in [5.41, 5.74) is 7.67. The lowest BCUT2D eigenvalue weighted by atomic mass is 10.1. The van der Waals surface area contributed by atoms with E-state index in [4.69, 9.17) is 5.73 Å².